The van der Waals surface area contributed by atoms with Crippen LogP contribution in [-0.4, -0.2) is 73.1 Å². The van der Waals surface area contributed by atoms with Gasteiger partial charge in [0.2, 0.25) is 10.0 Å². The highest BCUT2D eigenvalue weighted by Crippen LogP contribution is 2.21. The fourth-order valence-electron chi connectivity index (χ4n) is 2.65. The number of sulfonamides is 1. The summed E-state index contributed by atoms with van der Waals surface area (Å²) in [5, 5.41) is 14.8. The third kappa shape index (κ3) is 6.31. The summed E-state index contributed by atoms with van der Waals surface area (Å²) in [4.78, 5) is 20.7. The topological polar surface area (TPSA) is 138 Å². The maximum atomic E-state index is 12.7. The summed E-state index contributed by atoms with van der Waals surface area (Å²) < 4.78 is 37.3. The molecule has 0 saturated carbocycles. The highest BCUT2D eigenvalue weighted by Gasteiger charge is 2.28. The zero-order chi connectivity index (χ0) is 21.4. The molecule has 1 saturated heterocycles. The average Bonchev–Trinajstić information content (AvgIpc) is 3.22. The Hall–Kier alpha value is -2.89. The van der Waals surface area contributed by atoms with Gasteiger partial charge in [0.05, 0.1) is 24.8 Å². The van der Waals surface area contributed by atoms with Gasteiger partial charge in [-0.2, -0.15) is 4.31 Å². The molecule has 0 spiro atoms. The van der Waals surface area contributed by atoms with Crippen LogP contribution >= 0.6 is 0 Å². The second kappa shape index (κ2) is 10.0. The van der Waals surface area contributed by atoms with Gasteiger partial charge < -0.3 is 19.4 Å². The Kier molecular flexibility index (Phi) is 7.76. The van der Waals surface area contributed by atoms with Crippen molar-refractivity contribution in [3.8, 4) is 5.75 Å². The van der Waals surface area contributed by atoms with Crippen LogP contribution in [0.1, 0.15) is 5.76 Å². The normalized spacial score (nSPS) is 15.2. The number of carbonyl (C=O) groups is 2. The number of furan rings is 1. The van der Waals surface area contributed by atoms with Crippen LogP contribution in [0.15, 0.2) is 52.0 Å². The lowest BCUT2D eigenvalue weighted by Crippen LogP contribution is -2.48. The predicted octanol–water partition coefficient (Wildman–Crippen LogP) is 0.950. The third-order valence-corrected chi connectivity index (χ3v) is 6.08. The Bertz CT molecular complexity index is 890. The molecule has 0 atom stereocenters. The van der Waals surface area contributed by atoms with Gasteiger partial charge in [-0.3, -0.25) is 4.90 Å². The molecule has 0 unspecified atom stereocenters. The molecule has 10 nitrogen and oxygen atoms in total. The summed E-state index contributed by atoms with van der Waals surface area (Å²) in [7, 11) is -1.89. The molecule has 1 aliphatic rings. The Labute approximate surface area is 168 Å². The van der Waals surface area contributed by atoms with E-state index >= 15 is 0 Å². The van der Waals surface area contributed by atoms with Crippen molar-refractivity contribution in [2.24, 2.45) is 0 Å². The maximum Gasteiger partial charge on any atom is 0.414 e. The predicted molar refractivity (Wildman–Crippen MR) is 101 cm³/mol. The van der Waals surface area contributed by atoms with E-state index in [-0.39, 0.29) is 0 Å². The molecule has 1 aromatic carbocycles. The number of aliphatic carboxylic acids is 2. The third-order valence-electron chi connectivity index (χ3n) is 4.17. The molecule has 1 aliphatic heterocycles. The lowest BCUT2D eigenvalue weighted by molar-refractivity contribution is -0.159. The minimum absolute atomic E-state index is 0.304. The van der Waals surface area contributed by atoms with E-state index in [2.05, 4.69) is 4.90 Å². The fraction of sp³-hybridized carbons (Fsp3) is 0.333. The number of hydrogen-bond acceptors (Lipinski definition) is 7. The maximum absolute atomic E-state index is 12.7. The van der Waals surface area contributed by atoms with Crippen LogP contribution in [0.25, 0.3) is 0 Å². The summed E-state index contributed by atoms with van der Waals surface area (Å²) in [5.41, 5.74) is 0. The average molecular weight is 426 g/mol. The van der Waals surface area contributed by atoms with Crippen molar-refractivity contribution >= 4 is 22.0 Å². The molecule has 1 fully saturated rings. The first-order chi connectivity index (χ1) is 13.7. The number of piperazine rings is 1. The van der Waals surface area contributed by atoms with Crippen molar-refractivity contribution in [2.45, 2.75) is 11.4 Å². The molecular formula is C18H22N2O8S. The first kappa shape index (κ1) is 22.4. The van der Waals surface area contributed by atoms with E-state index in [9.17, 15) is 8.42 Å². The molecule has 3 rings (SSSR count). The van der Waals surface area contributed by atoms with E-state index in [1.54, 1.807) is 37.6 Å². The molecule has 0 bridgehead atoms. The Morgan fingerprint density at radius 3 is 2.07 bits per heavy atom. The first-order valence-electron chi connectivity index (χ1n) is 8.59. The van der Waals surface area contributed by atoms with Crippen LogP contribution in [0, 0.1) is 0 Å². The van der Waals surface area contributed by atoms with E-state index in [4.69, 9.17) is 29.0 Å². The molecule has 0 amide bonds. The summed E-state index contributed by atoms with van der Waals surface area (Å²) in [5.74, 6) is -2.10. The van der Waals surface area contributed by atoms with E-state index in [0.29, 0.717) is 43.4 Å². The van der Waals surface area contributed by atoms with Crippen molar-refractivity contribution < 1.29 is 37.4 Å². The van der Waals surface area contributed by atoms with Crippen LogP contribution in [-0.2, 0) is 26.2 Å². The van der Waals surface area contributed by atoms with Crippen molar-refractivity contribution in [1.82, 2.24) is 9.21 Å². The van der Waals surface area contributed by atoms with Gasteiger partial charge in [0.25, 0.3) is 0 Å². The van der Waals surface area contributed by atoms with E-state index in [0.717, 1.165) is 5.76 Å². The van der Waals surface area contributed by atoms with Crippen molar-refractivity contribution in [1.29, 1.82) is 0 Å². The zero-order valence-corrected chi connectivity index (χ0v) is 16.5. The Morgan fingerprint density at radius 2 is 1.62 bits per heavy atom. The number of benzene rings is 1. The SMILES string of the molecule is COc1ccc(S(=O)(=O)N2CCN(Cc3ccco3)CC2)cc1.O=C(O)C(=O)O. The summed E-state index contributed by atoms with van der Waals surface area (Å²) in [6.07, 6.45) is 1.65. The smallest absolute Gasteiger partial charge is 0.414 e. The second-order valence-corrected chi connectivity index (χ2v) is 7.98. The molecule has 11 heteroatoms. The van der Waals surface area contributed by atoms with Gasteiger partial charge in [-0.1, -0.05) is 0 Å². The van der Waals surface area contributed by atoms with Crippen molar-refractivity contribution in [3.63, 3.8) is 0 Å². The number of ether oxygens (including phenoxy) is 1. The minimum Gasteiger partial charge on any atom is -0.497 e. The standard InChI is InChI=1S/C16H20N2O4S.C2H2O4/c1-21-14-4-6-16(7-5-14)23(19,20)18-10-8-17(9-11-18)13-15-3-2-12-22-15;3-1(4)2(5)6/h2-7,12H,8-11,13H2,1H3;(H,3,4)(H,5,6). The van der Waals surface area contributed by atoms with Crippen LogP contribution in [0.3, 0.4) is 0 Å². The van der Waals surface area contributed by atoms with E-state index in [1.165, 1.54) is 4.31 Å². The number of methoxy groups -OCH3 is 1. The molecule has 0 aliphatic carbocycles. The molecule has 0 radical (unpaired) electrons. The number of hydrogen-bond donors (Lipinski definition) is 2. The number of carboxylic acids is 2. The summed E-state index contributed by atoms with van der Waals surface area (Å²) in [6.45, 7) is 3.06. The Morgan fingerprint density at radius 1 is 1.03 bits per heavy atom. The molecule has 29 heavy (non-hydrogen) atoms. The molecule has 2 heterocycles. The summed E-state index contributed by atoms with van der Waals surface area (Å²) in [6, 6.07) is 10.3. The van der Waals surface area contributed by atoms with Gasteiger partial charge in [-0.15, -0.1) is 0 Å². The fourth-order valence-corrected chi connectivity index (χ4v) is 4.07. The first-order valence-corrected chi connectivity index (χ1v) is 10.0. The van der Waals surface area contributed by atoms with E-state index in [1.807, 2.05) is 12.1 Å². The van der Waals surface area contributed by atoms with Crippen molar-refractivity contribution in [3.05, 3.63) is 48.4 Å². The molecule has 1 aromatic heterocycles. The van der Waals surface area contributed by atoms with E-state index < -0.39 is 22.0 Å². The van der Waals surface area contributed by atoms with Crippen LogP contribution in [0.5, 0.6) is 5.75 Å². The van der Waals surface area contributed by atoms with Crippen LogP contribution in [0.2, 0.25) is 0 Å². The monoisotopic (exact) mass is 426 g/mol. The van der Waals surface area contributed by atoms with Gasteiger partial charge in [0.1, 0.15) is 11.5 Å². The zero-order valence-electron chi connectivity index (χ0n) is 15.7. The number of nitrogens with zero attached hydrogens (tertiary/aromatic N) is 2. The highest BCUT2D eigenvalue weighted by molar-refractivity contribution is 7.89. The van der Waals surface area contributed by atoms with Gasteiger partial charge in [0.15, 0.2) is 0 Å². The minimum atomic E-state index is -3.44. The Balaban J connectivity index is 0.000000438. The number of rotatable bonds is 5. The van der Waals surface area contributed by atoms with Gasteiger partial charge in [0, 0.05) is 26.2 Å². The quantitative estimate of drug-likeness (QED) is 0.669. The molecule has 2 aromatic rings. The largest absolute Gasteiger partial charge is 0.497 e. The lowest BCUT2D eigenvalue weighted by atomic mass is 10.3. The summed E-state index contributed by atoms with van der Waals surface area (Å²) >= 11 is 0. The second-order valence-electron chi connectivity index (χ2n) is 6.05. The van der Waals surface area contributed by atoms with Crippen molar-refractivity contribution in [2.75, 3.05) is 33.3 Å². The molecule has 2 N–H and O–H groups in total. The lowest BCUT2D eigenvalue weighted by Gasteiger charge is -2.33. The van der Waals surface area contributed by atoms with Gasteiger partial charge in [-0.25, -0.2) is 18.0 Å². The van der Waals surface area contributed by atoms with Crippen LogP contribution < -0.4 is 4.74 Å². The molecular weight excluding hydrogens is 404 g/mol. The van der Waals surface area contributed by atoms with Gasteiger partial charge >= 0.3 is 11.9 Å². The number of carboxylic acid groups (broad SMARTS) is 2. The molecule has 158 valence electrons. The van der Waals surface area contributed by atoms with Gasteiger partial charge in [-0.05, 0) is 36.4 Å². The highest BCUT2D eigenvalue weighted by atomic mass is 32.2. The van der Waals surface area contributed by atoms with Crippen LogP contribution in [0.4, 0.5) is 0 Å².